The second kappa shape index (κ2) is 9.26. The number of pyridine rings is 1. The van der Waals surface area contributed by atoms with Crippen molar-refractivity contribution in [3.8, 4) is 0 Å². The van der Waals surface area contributed by atoms with Crippen molar-refractivity contribution in [3.05, 3.63) is 92.5 Å². The Morgan fingerprint density at radius 1 is 1.21 bits per heavy atom. The van der Waals surface area contributed by atoms with Crippen LogP contribution in [0.1, 0.15) is 44.5 Å². The summed E-state index contributed by atoms with van der Waals surface area (Å²) in [7, 11) is 1.26. The molecule has 4 rings (SSSR count). The third-order valence-corrected chi connectivity index (χ3v) is 6.39. The van der Waals surface area contributed by atoms with Crippen molar-refractivity contribution in [2.45, 2.75) is 26.4 Å². The zero-order valence-electron chi connectivity index (χ0n) is 18.8. The molecule has 1 aliphatic rings. The van der Waals surface area contributed by atoms with Crippen molar-refractivity contribution >= 4 is 39.3 Å². The number of rotatable bonds is 5. The van der Waals surface area contributed by atoms with Gasteiger partial charge < -0.3 is 19.7 Å². The van der Waals surface area contributed by atoms with E-state index in [1.54, 1.807) is 44.4 Å². The number of benzene rings is 1. The number of nitrogens with one attached hydrogen (secondary N) is 1. The number of nitrogens with zero attached hydrogens (tertiary/aromatic N) is 2. The number of Topliss-reactive ketones (excluding diaryl/α,β-unsaturated/α-hetero) is 1. The molecule has 2 aromatic heterocycles. The highest BCUT2D eigenvalue weighted by Gasteiger charge is 2.46. The van der Waals surface area contributed by atoms with Crippen molar-refractivity contribution in [1.29, 1.82) is 0 Å². The Labute approximate surface area is 204 Å². The highest BCUT2D eigenvalue weighted by Crippen LogP contribution is 2.41. The van der Waals surface area contributed by atoms with Gasteiger partial charge >= 0.3 is 5.97 Å². The van der Waals surface area contributed by atoms with Crippen LogP contribution in [-0.2, 0) is 20.9 Å². The predicted molar refractivity (Wildman–Crippen MR) is 128 cm³/mol. The van der Waals surface area contributed by atoms with E-state index in [1.165, 1.54) is 12.0 Å². The summed E-state index contributed by atoms with van der Waals surface area (Å²) in [6, 6.07) is 9.93. The third kappa shape index (κ3) is 4.03. The minimum absolute atomic E-state index is 0.0437. The first-order valence-electron chi connectivity index (χ1n) is 10.4. The summed E-state index contributed by atoms with van der Waals surface area (Å²) in [6.45, 7) is 3.45. The number of aromatic amines is 1. The molecule has 3 heterocycles. The Bertz CT molecular complexity index is 1310. The molecule has 1 amide bonds. The van der Waals surface area contributed by atoms with Gasteiger partial charge in [-0.3, -0.25) is 14.6 Å². The van der Waals surface area contributed by atoms with E-state index in [9.17, 15) is 19.5 Å². The zero-order chi connectivity index (χ0) is 24.6. The molecule has 0 saturated carbocycles. The minimum atomic E-state index is -0.830. The van der Waals surface area contributed by atoms with Gasteiger partial charge in [0, 0.05) is 34.7 Å². The molecule has 0 spiro atoms. The van der Waals surface area contributed by atoms with Crippen LogP contribution in [0.3, 0.4) is 0 Å². The fourth-order valence-corrected chi connectivity index (χ4v) is 4.53. The summed E-state index contributed by atoms with van der Waals surface area (Å²) in [5, 5.41) is 11.4. The van der Waals surface area contributed by atoms with Crippen LogP contribution in [0.25, 0.3) is 5.76 Å². The van der Waals surface area contributed by atoms with E-state index in [0.29, 0.717) is 22.4 Å². The van der Waals surface area contributed by atoms with Crippen LogP contribution < -0.4 is 0 Å². The first-order valence-corrected chi connectivity index (χ1v) is 11.2. The maximum atomic E-state index is 13.3. The number of aromatic nitrogens is 2. The number of amides is 1. The number of ether oxygens (including phenoxy) is 1. The predicted octanol–water partition coefficient (Wildman–Crippen LogP) is 4.20. The number of carbonyl (C=O) groups is 3. The van der Waals surface area contributed by atoms with Gasteiger partial charge in [-0.25, -0.2) is 4.79 Å². The molecule has 1 atom stereocenters. The first kappa shape index (κ1) is 23.4. The van der Waals surface area contributed by atoms with Crippen LogP contribution in [0.4, 0.5) is 0 Å². The number of esters is 1. The quantitative estimate of drug-likeness (QED) is 0.224. The van der Waals surface area contributed by atoms with E-state index in [4.69, 9.17) is 4.74 Å². The normalized spacial score (nSPS) is 17.3. The molecule has 9 heteroatoms. The van der Waals surface area contributed by atoms with Gasteiger partial charge in [-0.05, 0) is 48.7 Å². The summed E-state index contributed by atoms with van der Waals surface area (Å²) in [5.41, 5.74) is 2.73. The number of aliphatic hydroxyl groups is 1. The molecule has 2 N–H and O–H groups in total. The van der Waals surface area contributed by atoms with Gasteiger partial charge in [-0.2, -0.15) is 0 Å². The van der Waals surface area contributed by atoms with E-state index < -0.39 is 23.7 Å². The molecule has 0 aliphatic carbocycles. The molecule has 3 aromatic rings. The Balaban J connectivity index is 1.91. The number of hydrogen-bond acceptors (Lipinski definition) is 6. The fourth-order valence-electron chi connectivity index (χ4n) is 4.27. The number of carbonyl (C=O) groups excluding carboxylic acids is 3. The maximum absolute atomic E-state index is 13.3. The van der Waals surface area contributed by atoms with E-state index in [1.807, 2.05) is 18.2 Å². The zero-order valence-corrected chi connectivity index (χ0v) is 20.3. The first-order chi connectivity index (χ1) is 16.2. The molecular formula is C25H22BrN3O5. The van der Waals surface area contributed by atoms with Crippen LogP contribution in [0.2, 0.25) is 0 Å². The summed E-state index contributed by atoms with van der Waals surface area (Å²) in [5.74, 6) is -2.46. The van der Waals surface area contributed by atoms with Crippen molar-refractivity contribution in [2.24, 2.45) is 0 Å². The van der Waals surface area contributed by atoms with Gasteiger partial charge in [0.05, 0.1) is 18.7 Å². The Morgan fingerprint density at radius 2 is 1.91 bits per heavy atom. The van der Waals surface area contributed by atoms with E-state index >= 15 is 0 Å². The van der Waals surface area contributed by atoms with Gasteiger partial charge in [0.2, 0.25) is 0 Å². The minimum Gasteiger partial charge on any atom is -0.507 e. The summed E-state index contributed by atoms with van der Waals surface area (Å²) in [4.78, 5) is 47.0. The third-order valence-electron chi connectivity index (χ3n) is 5.87. The lowest BCUT2D eigenvalue weighted by molar-refractivity contribution is -0.140. The van der Waals surface area contributed by atoms with Crippen LogP contribution in [0.5, 0.6) is 0 Å². The maximum Gasteiger partial charge on any atom is 0.354 e. The lowest BCUT2D eigenvalue weighted by Crippen LogP contribution is -2.29. The number of methoxy groups -OCH3 is 1. The van der Waals surface area contributed by atoms with Crippen molar-refractivity contribution in [1.82, 2.24) is 14.9 Å². The Hall–Kier alpha value is -3.72. The lowest BCUT2D eigenvalue weighted by atomic mass is 9.94. The van der Waals surface area contributed by atoms with Crippen LogP contribution in [0, 0.1) is 13.8 Å². The van der Waals surface area contributed by atoms with Gasteiger partial charge in [-0.15, -0.1) is 0 Å². The van der Waals surface area contributed by atoms with Crippen LogP contribution >= 0.6 is 15.9 Å². The fraction of sp³-hybridized carbons (Fsp3) is 0.200. The molecule has 8 nitrogen and oxygen atoms in total. The number of hydrogen-bond donors (Lipinski definition) is 2. The number of H-pyrrole nitrogens is 1. The standard InChI is InChI=1S/C25H22BrN3O5/c1-13-18(14(2)28-20(13)25(33)34-3)22(30)19-21(16-6-8-17(26)9-7-16)29(24(32)23(19)31)12-15-5-4-10-27-11-15/h4-11,21,28,30H,12H2,1-3H3/t21-/m0/s1. The molecule has 174 valence electrons. The molecule has 1 aromatic carbocycles. The highest BCUT2D eigenvalue weighted by atomic mass is 79.9. The molecule has 34 heavy (non-hydrogen) atoms. The number of aryl methyl sites for hydroxylation is 1. The summed E-state index contributed by atoms with van der Waals surface area (Å²) >= 11 is 3.40. The SMILES string of the molecule is COC(=O)c1[nH]c(C)c(C(O)=C2C(=O)C(=O)N(Cc3cccnc3)[C@H]2c2ccc(Br)cc2)c1C. The van der Waals surface area contributed by atoms with Gasteiger partial charge in [-0.1, -0.05) is 34.1 Å². The topological polar surface area (TPSA) is 113 Å². The number of ketones is 1. The summed E-state index contributed by atoms with van der Waals surface area (Å²) < 4.78 is 5.64. The average molecular weight is 524 g/mol. The number of aliphatic hydroxyl groups excluding tert-OH is 1. The number of likely N-dealkylation sites (tertiary alicyclic amines) is 1. The van der Waals surface area contributed by atoms with Gasteiger partial charge in [0.15, 0.2) is 0 Å². The molecule has 0 bridgehead atoms. The molecule has 0 radical (unpaired) electrons. The number of halogens is 1. The smallest absolute Gasteiger partial charge is 0.354 e. The summed E-state index contributed by atoms with van der Waals surface area (Å²) in [6.07, 6.45) is 3.25. The molecule has 1 aliphatic heterocycles. The molecule has 1 fully saturated rings. The lowest BCUT2D eigenvalue weighted by Gasteiger charge is -2.25. The molecule has 0 unspecified atom stereocenters. The van der Waals surface area contributed by atoms with Gasteiger partial charge in [0.1, 0.15) is 11.5 Å². The van der Waals surface area contributed by atoms with E-state index in [2.05, 4.69) is 25.9 Å². The van der Waals surface area contributed by atoms with Crippen LogP contribution in [0.15, 0.2) is 58.8 Å². The van der Waals surface area contributed by atoms with Crippen molar-refractivity contribution in [3.63, 3.8) is 0 Å². The van der Waals surface area contributed by atoms with Crippen molar-refractivity contribution in [2.75, 3.05) is 7.11 Å². The second-order valence-electron chi connectivity index (χ2n) is 7.96. The average Bonchev–Trinajstić information content (AvgIpc) is 3.27. The molecular weight excluding hydrogens is 502 g/mol. The monoisotopic (exact) mass is 523 g/mol. The van der Waals surface area contributed by atoms with Crippen LogP contribution in [-0.4, -0.2) is 44.7 Å². The second-order valence-corrected chi connectivity index (χ2v) is 8.87. The Morgan fingerprint density at radius 3 is 2.53 bits per heavy atom. The highest BCUT2D eigenvalue weighted by molar-refractivity contribution is 9.10. The largest absolute Gasteiger partial charge is 0.507 e. The molecule has 1 saturated heterocycles. The van der Waals surface area contributed by atoms with Crippen molar-refractivity contribution < 1.29 is 24.2 Å². The Kier molecular flexibility index (Phi) is 6.39. The van der Waals surface area contributed by atoms with E-state index in [0.717, 1.165) is 10.0 Å². The van der Waals surface area contributed by atoms with E-state index in [-0.39, 0.29) is 23.6 Å². The van der Waals surface area contributed by atoms with Gasteiger partial charge in [0.25, 0.3) is 11.7 Å².